The molecule has 17 heteroatoms. The Balaban J connectivity index is 1.08. The zero-order valence-electron chi connectivity index (χ0n) is 33.4. The number of anilines is 1. The SMILES string of the molecule is CO[C@@H](C)[C@@H](O[C@H](CO)CO[P@@]1O[C@H](C[Si](C)(c2ccccc2)c2ccccc2)[C@@H]2CCCN21)n1cnc2c(OCCC#N)nc(NC(=O)COc3ccccc3)nc21. The van der Waals surface area contributed by atoms with Crippen LogP contribution in [0.25, 0.3) is 11.2 Å². The third-order valence-corrected chi connectivity index (χ3v) is 16.9. The summed E-state index contributed by atoms with van der Waals surface area (Å²) in [6, 6.07) is 33.8. The number of hydrogen-bond acceptors (Lipinski definition) is 13. The van der Waals surface area contributed by atoms with Gasteiger partial charge < -0.3 is 33.1 Å². The minimum Gasteiger partial charge on any atom is -0.484 e. The normalized spacial score (nSPS) is 19.5. The molecule has 4 heterocycles. The number of aliphatic hydroxyl groups excluding tert-OH is 1. The molecule has 2 aromatic heterocycles. The molecular weight excluding hydrogens is 790 g/mol. The number of amides is 1. The molecule has 0 unspecified atom stereocenters. The van der Waals surface area contributed by atoms with E-state index in [1.807, 2.05) is 31.2 Å². The number of nitrogens with zero attached hydrogens (tertiary/aromatic N) is 6. The summed E-state index contributed by atoms with van der Waals surface area (Å²) in [4.78, 5) is 26.5. The number of aromatic nitrogens is 4. The van der Waals surface area contributed by atoms with Crippen molar-refractivity contribution in [3.05, 3.63) is 97.3 Å². The molecule has 0 radical (unpaired) electrons. The number of hydrogen-bond donors (Lipinski definition) is 2. The Morgan fingerprint density at radius 2 is 1.75 bits per heavy atom. The predicted octanol–water partition coefficient (Wildman–Crippen LogP) is 5.05. The number of carbonyl (C=O) groups excluding carboxylic acids is 1. The Hall–Kier alpha value is -4.82. The lowest BCUT2D eigenvalue weighted by Gasteiger charge is -2.32. The van der Waals surface area contributed by atoms with Crippen molar-refractivity contribution in [3.8, 4) is 17.7 Å². The Morgan fingerprint density at radius 1 is 1.05 bits per heavy atom. The minimum absolute atomic E-state index is 0.00314. The van der Waals surface area contributed by atoms with Crippen molar-refractivity contribution in [1.82, 2.24) is 24.2 Å². The van der Waals surface area contributed by atoms with Gasteiger partial charge in [0.1, 0.15) is 26.5 Å². The third-order valence-electron chi connectivity index (χ3n) is 10.7. The van der Waals surface area contributed by atoms with Gasteiger partial charge in [0.2, 0.25) is 11.8 Å². The number of ether oxygens (including phenoxy) is 4. The van der Waals surface area contributed by atoms with Crippen molar-refractivity contribution < 1.29 is 37.9 Å². The zero-order valence-corrected chi connectivity index (χ0v) is 35.3. The average molecular weight is 840 g/mol. The molecule has 2 aliphatic heterocycles. The van der Waals surface area contributed by atoms with Gasteiger partial charge in [0, 0.05) is 19.7 Å². The number of carbonyl (C=O) groups is 1. The van der Waals surface area contributed by atoms with Gasteiger partial charge in [0.25, 0.3) is 14.4 Å². The zero-order chi connectivity index (χ0) is 41.2. The van der Waals surface area contributed by atoms with Gasteiger partial charge in [-0.15, -0.1) is 0 Å². The average Bonchev–Trinajstić information content (AvgIpc) is 4.01. The smallest absolute Gasteiger partial charge is 0.264 e. The second-order valence-electron chi connectivity index (χ2n) is 14.7. The van der Waals surface area contributed by atoms with E-state index in [9.17, 15) is 9.90 Å². The van der Waals surface area contributed by atoms with Crippen LogP contribution in [0.4, 0.5) is 5.95 Å². The van der Waals surface area contributed by atoms with Crippen LogP contribution in [0, 0.1) is 11.3 Å². The molecule has 1 amide bonds. The maximum absolute atomic E-state index is 12.9. The quantitative estimate of drug-likeness (QED) is 0.0606. The van der Waals surface area contributed by atoms with Crippen LogP contribution < -0.4 is 25.2 Å². The van der Waals surface area contributed by atoms with Gasteiger partial charge in [-0.2, -0.15) is 15.2 Å². The summed E-state index contributed by atoms with van der Waals surface area (Å²) < 4.78 is 41.1. The number of rotatable bonds is 20. The predicted molar refractivity (Wildman–Crippen MR) is 225 cm³/mol. The van der Waals surface area contributed by atoms with Gasteiger partial charge in [-0.25, -0.2) is 9.65 Å². The van der Waals surface area contributed by atoms with Crippen molar-refractivity contribution in [3.63, 3.8) is 0 Å². The van der Waals surface area contributed by atoms with Gasteiger partial charge in [-0.05, 0) is 37.9 Å². The van der Waals surface area contributed by atoms with Crippen molar-refractivity contribution in [1.29, 1.82) is 5.26 Å². The number of fused-ring (bicyclic) bond motifs is 2. The van der Waals surface area contributed by atoms with E-state index in [0.717, 1.165) is 25.4 Å². The topological polar surface area (TPSA) is 175 Å². The molecule has 2 N–H and O–H groups in total. The molecule has 15 nitrogen and oxygen atoms in total. The monoisotopic (exact) mass is 839 g/mol. The van der Waals surface area contributed by atoms with E-state index in [1.54, 1.807) is 23.8 Å². The highest BCUT2D eigenvalue weighted by Crippen LogP contribution is 2.57. The molecule has 0 spiro atoms. The summed E-state index contributed by atoms with van der Waals surface area (Å²) in [7, 11) is -2.05. The first-order chi connectivity index (χ1) is 28.8. The summed E-state index contributed by atoms with van der Waals surface area (Å²) >= 11 is 0. The van der Waals surface area contributed by atoms with Gasteiger partial charge >= 0.3 is 0 Å². The van der Waals surface area contributed by atoms with Crippen LogP contribution >= 0.6 is 8.53 Å². The van der Waals surface area contributed by atoms with Crippen LogP contribution in [0.5, 0.6) is 11.6 Å². The summed E-state index contributed by atoms with van der Waals surface area (Å²) in [5.74, 6) is 0.0469. The molecule has 7 rings (SSSR count). The molecule has 0 aliphatic carbocycles. The summed E-state index contributed by atoms with van der Waals surface area (Å²) in [6.45, 7) is 4.61. The van der Waals surface area contributed by atoms with Crippen LogP contribution in [0.3, 0.4) is 0 Å². The molecule has 59 heavy (non-hydrogen) atoms. The van der Waals surface area contributed by atoms with Gasteiger partial charge in [-0.3, -0.25) is 14.7 Å². The van der Waals surface area contributed by atoms with E-state index < -0.39 is 40.9 Å². The fourth-order valence-electron chi connectivity index (χ4n) is 7.55. The highest BCUT2D eigenvalue weighted by atomic mass is 31.2. The molecule has 3 aromatic carbocycles. The third kappa shape index (κ3) is 9.97. The van der Waals surface area contributed by atoms with Crippen molar-refractivity contribution in [2.75, 3.05) is 45.4 Å². The molecule has 2 fully saturated rings. The van der Waals surface area contributed by atoms with Crippen LogP contribution in [-0.4, -0.2) is 108 Å². The molecule has 5 aromatic rings. The number of para-hydroxylation sites is 1. The summed E-state index contributed by atoms with van der Waals surface area (Å²) in [5.41, 5.74) is 0.554. The molecule has 2 saturated heterocycles. The Morgan fingerprint density at radius 3 is 2.41 bits per heavy atom. The maximum atomic E-state index is 12.9. The number of nitrogens with one attached hydrogen (secondary N) is 1. The second kappa shape index (κ2) is 20.0. The van der Waals surface area contributed by atoms with E-state index >= 15 is 0 Å². The van der Waals surface area contributed by atoms with Crippen LogP contribution in [0.2, 0.25) is 12.6 Å². The summed E-state index contributed by atoms with van der Waals surface area (Å²) in [6.07, 6.45) is 1.52. The maximum Gasteiger partial charge on any atom is 0.264 e. The van der Waals surface area contributed by atoms with Crippen LogP contribution in [-0.2, 0) is 23.3 Å². The molecule has 0 bridgehead atoms. The molecule has 310 valence electrons. The second-order valence-corrected chi connectivity index (χ2v) is 20.4. The number of imidazole rings is 1. The largest absolute Gasteiger partial charge is 0.484 e. The van der Waals surface area contributed by atoms with E-state index in [0.29, 0.717) is 5.75 Å². The molecule has 0 saturated carbocycles. The highest BCUT2D eigenvalue weighted by Gasteiger charge is 2.50. The lowest BCUT2D eigenvalue weighted by Crippen LogP contribution is -2.58. The number of nitriles is 1. The van der Waals surface area contributed by atoms with Gasteiger partial charge in [-0.1, -0.05) is 95.8 Å². The Labute approximate surface area is 346 Å². The fourth-order valence-corrected chi connectivity index (χ4v) is 13.4. The number of benzene rings is 3. The van der Waals surface area contributed by atoms with Crippen molar-refractivity contribution >= 4 is 50.0 Å². The van der Waals surface area contributed by atoms with E-state index in [2.05, 4.69) is 92.1 Å². The van der Waals surface area contributed by atoms with Crippen molar-refractivity contribution in [2.45, 2.75) is 69.4 Å². The summed E-state index contributed by atoms with van der Waals surface area (Å²) in [5, 5.41) is 25.2. The van der Waals surface area contributed by atoms with E-state index in [4.69, 9.17) is 33.3 Å². The van der Waals surface area contributed by atoms with Gasteiger partial charge in [0.05, 0.1) is 44.2 Å². The first-order valence-electron chi connectivity index (χ1n) is 19.8. The van der Waals surface area contributed by atoms with E-state index in [1.165, 1.54) is 16.7 Å². The minimum atomic E-state index is -2.19. The first kappa shape index (κ1) is 42.3. The van der Waals surface area contributed by atoms with E-state index in [-0.39, 0.29) is 68.0 Å². The number of methoxy groups -OCH3 is 1. The highest BCUT2D eigenvalue weighted by molar-refractivity contribution is 7.45. The molecule has 6 atom stereocenters. The molecular formula is C42H50N7O8PSi. The lowest BCUT2D eigenvalue weighted by molar-refractivity contribution is -0.140. The lowest BCUT2D eigenvalue weighted by atomic mass is 10.1. The fraction of sp³-hybridized carbons (Fsp3) is 0.405. The van der Waals surface area contributed by atoms with Gasteiger partial charge in [0.15, 0.2) is 24.0 Å². The van der Waals surface area contributed by atoms with Crippen LogP contribution in [0.1, 0.15) is 32.4 Å². The standard InChI is InChI=1S/C42H50N7O8PSi/c1-30(52-2)41(48-29-44-38-39(48)46-42(47-40(38)53-24-14-22-43)45-37(51)27-54-31-15-7-4-8-16-31)56-32(25-50)26-55-58-49-23-13-21-35(49)36(57-58)28-59(3,33-17-9-5-10-18-33)34-19-11-6-12-20-34/h4-12,15-20,29-30,32,35-36,41,50H,13-14,21,23-28H2,1-3H3,(H,45,46,47,51)/t30-,32+,35-,36+,41+,58-/m0/s1. The molecule has 2 aliphatic rings. The first-order valence-corrected chi connectivity index (χ1v) is 23.6. The van der Waals surface area contributed by atoms with Crippen LogP contribution in [0.15, 0.2) is 97.3 Å². The number of aliphatic hydroxyl groups is 1. The Kier molecular flexibility index (Phi) is 14.3. The van der Waals surface area contributed by atoms with Crippen molar-refractivity contribution in [2.24, 2.45) is 0 Å². The Bertz CT molecular complexity index is 2130.